The van der Waals surface area contributed by atoms with Gasteiger partial charge in [-0.15, -0.1) is 0 Å². The van der Waals surface area contributed by atoms with Crippen LogP contribution in [0.1, 0.15) is 41.2 Å². The molecular weight excluding hydrogens is 420 g/mol. The van der Waals surface area contributed by atoms with E-state index < -0.39 is 0 Å². The van der Waals surface area contributed by atoms with Crippen LogP contribution in [0.3, 0.4) is 0 Å². The summed E-state index contributed by atoms with van der Waals surface area (Å²) >= 11 is 0. The highest BCUT2D eigenvalue weighted by Gasteiger charge is 2.28. The van der Waals surface area contributed by atoms with Gasteiger partial charge in [0.1, 0.15) is 18.9 Å². The van der Waals surface area contributed by atoms with Gasteiger partial charge in [0.2, 0.25) is 0 Å². The quantitative estimate of drug-likeness (QED) is 0.378. The van der Waals surface area contributed by atoms with Crippen LogP contribution in [-0.2, 0) is 31.1 Å². The van der Waals surface area contributed by atoms with Gasteiger partial charge in [0.05, 0.1) is 32.8 Å². The molecule has 1 heterocycles. The Hall–Kier alpha value is -2.66. The molecule has 0 aliphatic carbocycles. The summed E-state index contributed by atoms with van der Waals surface area (Å²) in [6.45, 7) is 13.3. The van der Waals surface area contributed by atoms with Gasteiger partial charge in [0, 0.05) is 18.7 Å². The zero-order valence-electron chi connectivity index (χ0n) is 20.8. The van der Waals surface area contributed by atoms with E-state index in [1.165, 1.54) is 52.8 Å². The maximum atomic E-state index is 5.99. The van der Waals surface area contributed by atoms with Crippen molar-refractivity contribution in [3.63, 3.8) is 0 Å². The zero-order valence-corrected chi connectivity index (χ0v) is 20.8. The van der Waals surface area contributed by atoms with Crippen LogP contribution in [0.15, 0.2) is 72.8 Å². The van der Waals surface area contributed by atoms with Crippen molar-refractivity contribution in [2.24, 2.45) is 0 Å². The minimum absolute atomic E-state index is 0.575. The Kier molecular flexibility index (Phi) is 8.75. The molecule has 180 valence electrons. The number of quaternary nitrogens is 1. The Bertz CT molecular complexity index is 986. The second-order valence-corrected chi connectivity index (χ2v) is 9.65. The Labute approximate surface area is 205 Å². The van der Waals surface area contributed by atoms with Gasteiger partial charge in [-0.1, -0.05) is 73.2 Å². The lowest BCUT2D eigenvalue weighted by molar-refractivity contribution is -0.942. The number of benzene rings is 3. The summed E-state index contributed by atoms with van der Waals surface area (Å²) in [4.78, 5) is 0. The summed E-state index contributed by atoms with van der Waals surface area (Å²) < 4.78 is 13.1. The Morgan fingerprint density at radius 2 is 1.24 bits per heavy atom. The summed E-state index contributed by atoms with van der Waals surface area (Å²) in [6.07, 6.45) is 1.24. The van der Waals surface area contributed by atoms with E-state index in [4.69, 9.17) is 9.47 Å². The van der Waals surface area contributed by atoms with Crippen molar-refractivity contribution in [1.82, 2.24) is 5.32 Å². The lowest BCUT2D eigenvalue weighted by Crippen LogP contribution is -2.58. The number of hydrogen-bond acceptors (Lipinski definition) is 3. The molecule has 1 fully saturated rings. The second-order valence-electron chi connectivity index (χ2n) is 9.65. The average Bonchev–Trinajstić information content (AvgIpc) is 2.86. The van der Waals surface area contributed by atoms with E-state index in [9.17, 15) is 0 Å². The molecule has 1 saturated heterocycles. The molecular formula is C30H39N2O2+. The predicted octanol–water partition coefficient (Wildman–Crippen LogP) is 5.62. The van der Waals surface area contributed by atoms with Gasteiger partial charge < -0.3 is 19.3 Å². The van der Waals surface area contributed by atoms with Crippen LogP contribution >= 0.6 is 0 Å². The molecule has 0 saturated carbocycles. The van der Waals surface area contributed by atoms with E-state index in [1.54, 1.807) is 0 Å². The molecule has 1 N–H and O–H groups in total. The molecule has 4 heteroatoms. The molecule has 0 radical (unpaired) electrons. The monoisotopic (exact) mass is 459 g/mol. The first kappa shape index (κ1) is 24.5. The van der Waals surface area contributed by atoms with Gasteiger partial charge >= 0.3 is 0 Å². The predicted molar refractivity (Wildman–Crippen MR) is 139 cm³/mol. The van der Waals surface area contributed by atoms with E-state index in [1.807, 2.05) is 12.1 Å². The fourth-order valence-electron chi connectivity index (χ4n) is 4.75. The Morgan fingerprint density at radius 1 is 0.706 bits per heavy atom. The third-order valence-electron chi connectivity index (χ3n) is 6.75. The van der Waals surface area contributed by atoms with Crippen LogP contribution < -0.4 is 10.1 Å². The van der Waals surface area contributed by atoms with Crippen molar-refractivity contribution in [2.45, 2.75) is 46.6 Å². The molecule has 4 nitrogen and oxygen atoms in total. The summed E-state index contributed by atoms with van der Waals surface area (Å²) in [5.74, 6) is 0.902. The summed E-state index contributed by atoms with van der Waals surface area (Å²) in [5, 5.41) is 3.51. The van der Waals surface area contributed by atoms with Crippen molar-refractivity contribution in [3.05, 3.63) is 101 Å². The van der Waals surface area contributed by atoms with E-state index in [2.05, 4.69) is 79.8 Å². The highest BCUT2D eigenvalue weighted by Crippen LogP contribution is 2.19. The fourth-order valence-corrected chi connectivity index (χ4v) is 4.75. The van der Waals surface area contributed by atoms with E-state index in [0.29, 0.717) is 19.8 Å². The largest absolute Gasteiger partial charge is 0.489 e. The topological polar surface area (TPSA) is 30.5 Å². The maximum Gasteiger partial charge on any atom is 0.119 e. The smallest absolute Gasteiger partial charge is 0.119 e. The number of rotatable bonds is 11. The van der Waals surface area contributed by atoms with Crippen LogP contribution in [0, 0.1) is 6.92 Å². The standard InChI is InChI=1S/C30H39N2O2/c1-3-18-32(19-16-31-17-20-32)21-26-6-8-27(9-7-26)22-33-23-28-10-12-29(13-11-28)24-34-30-14-4-25(2)5-15-30/h4-15,31H,3,16-24H2,1-2H3/q+1. The molecule has 0 aromatic heterocycles. The number of nitrogens with zero attached hydrogens (tertiary/aromatic N) is 1. The van der Waals surface area contributed by atoms with Gasteiger partial charge in [-0.25, -0.2) is 0 Å². The molecule has 0 atom stereocenters. The maximum absolute atomic E-state index is 5.99. The Morgan fingerprint density at radius 3 is 1.79 bits per heavy atom. The summed E-state index contributed by atoms with van der Waals surface area (Å²) in [7, 11) is 0. The van der Waals surface area contributed by atoms with Crippen LogP contribution in [0.5, 0.6) is 5.75 Å². The van der Waals surface area contributed by atoms with Crippen LogP contribution in [-0.4, -0.2) is 37.2 Å². The molecule has 4 rings (SSSR count). The summed E-state index contributed by atoms with van der Waals surface area (Å²) in [6, 6.07) is 25.7. The van der Waals surface area contributed by atoms with Crippen LogP contribution in [0.2, 0.25) is 0 Å². The molecule has 3 aromatic carbocycles. The fraction of sp³-hybridized carbons (Fsp3) is 0.400. The van der Waals surface area contributed by atoms with Gasteiger partial charge in [-0.05, 0) is 42.2 Å². The lowest BCUT2D eigenvalue weighted by atomic mass is 10.1. The third kappa shape index (κ3) is 7.17. The molecule has 0 spiro atoms. The van der Waals surface area contributed by atoms with Crippen molar-refractivity contribution in [3.8, 4) is 5.75 Å². The second kappa shape index (κ2) is 12.2. The average molecular weight is 460 g/mol. The first-order valence-corrected chi connectivity index (χ1v) is 12.6. The normalized spacial score (nSPS) is 15.2. The van der Waals surface area contributed by atoms with Crippen molar-refractivity contribution in [1.29, 1.82) is 0 Å². The number of hydrogen-bond donors (Lipinski definition) is 1. The highest BCUT2D eigenvalue weighted by atomic mass is 16.5. The number of ether oxygens (including phenoxy) is 2. The molecule has 3 aromatic rings. The van der Waals surface area contributed by atoms with Gasteiger partial charge in [0.25, 0.3) is 0 Å². The number of piperazine rings is 1. The summed E-state index contributed by atoms with van der Waals surface area (Å²) in [5.41, 5.74) is 6.24. The van der Waals surface area contributed by atoms with Gasteiger partial charge in [-0.2, -0.15) is 0 Å². The van der Waals surface area contributed by atoms with Crippen molar-refractivity contribution in [2.75, 3.05) is 32.7 Å². The van der Waals surface area contributed by atoms with Crippen molar-refractivity contribution >= 4 is 0 Å². The highest BCUT2D eigenvalue weighted by molar-refractivity contribution is 5.27. The molecule has 0 amide bonds. The zero-order chi connectivity index (χ0) is 23.6. The van der Waals surface area contributed by atoms with Crippen molar-refractivity contribution < 1.29 is 14.0 Å². The first-order valence-electron chi connectivity index (χ1n) is 12.6. The molecule has 1 aliphatic heterocycles. The third-order valence-corrected chi connectivity index (χ3v) is 6.75. The minimum Gasteiger partial charge on any atom is -0.489 e. The van der Waals surface area contributed by atoms with Gasteiger partial charge in [-0.3, -0.25) is 0 Å². The molecule has 1 aliphatic rings. The molecule has 0 unspecified atom stereocenters. The van der Waals surface area contributed by atoms with Gasteiger partial charge in [0.15, 0.2) is 0 Å². The lowest BCUT2D eigenvalue weighted by Gasteiger charge is -2.41. The molecule has 0 bridgehead atoms. The van der Waals surface area contributed by atoms with E-state index in [0.717, 1.165) is 30.9 Å². The number of nitrogens with one attached hydrogen (secondary N) is 1. The van der Waals surface area contributed by atoms with E-state index >= 15 is 0 Å². The Balaban J connectivity index is 1.21. The van der Waals surface area contributed by atoms with Crippen LogP contribution in [0.25, 0.3) is 0 Å². The first-order chi connectivity index (χ1) is 16.6. The SMILES string of the molecule is CCC[N+]1(Cc2ccc(COCc3ccc(COc4ccc(C)cc4)cc3)cc2)CCNCC1. The minimum atomic E-state index is 0.575. The number of aryl methyl sites for hydroxylation is 1. The molecule has 34 heavy (non-hydrogen) atoms. The van der Waals surface area contributed by atoms with Crippen LogP contribution in [0.4, 0.5) is 0 Å². The van der Waals surface area contributed by atoms with E-state index in [-0.39, 0.29) is 0 Å².